The molecule has 154 valence electrons. The molecule has 0 saturated carbocycles. The number of ether oxygens (including phenoxy) is 2. The van der Waals surface area contributed by atoms with E-state index in [1.54, 1.807) is 6.20 Å². The molecule has 0 N–H and O–H groups in total. The number of benzene rings is 2. The Morgan fingerprint density at radius 2 is 1.55 bits per heavy atom. The first-order valence-electron chi connectivity index (χ1n) is 9.90. The Kier molecular flexibility index (Phi) is 6.24. The van der Waals surface area contributed by atoms with E-state index in [1.807, 2.05) is 73.7 Å². The van der Waals surface area contributed by atoms with Gasteiger partial charge in [-0.1, -0.05) is 24.3 Å². The molecular formula is C25H21N3O3. The molecule has 0 aliphatic rings. The zero-order valence-corrected chi connectivity index (χ0v) is 17.1. The molecule has 0 aliphatic carbocycles. The summed E-state index contributed by atoms with van der Waals surface area (Å²) in [4.78, 5) is 8.86. The SMILES string of the molecule is Cc1oc(-c2ccccc2)nc1COc1ccc(OCc2ncccc2CC#N)cc1. The lowest BCUT2D eigenvalue weighted by Crippen LogP contribution is -2.02. The monoisotopic (exact) mass is 411 g/mol. The van der Waals surface area contributed by atoms with Crippen molar-refractivity contribution in [3.05, 3.63) is 95.6 Å². The van der Waals surface area contributed by atoms with Crippen molar-refractivity contribution in [3.63, 3.8) is 0 Å². The van der Waals surface area contributed by atoms with E-state index < -0.39 is 0 Å². The topological polar surface area (TPSA) is 81.2 Å². The number of hydrogen-bond acceptors (Lipinski definition) is 6. The molecule has 0 spiro atoms. The zero-order chi connectivity index (χ0) is 21.5. The highest BCUT2D eigenvalue weighted by molar-refractivity contribution is 5.53. The summed E-state index contributed by atoms with van der Waals surface area (Å²) < 4.78 is 17.4. The van der Waals surface area contributed by atoms with E-state index in [4.69, 9.17) is 19.2 Å². The fraction of sp³-hybridized carbons (Fsp3) is 0.160. The predicted octanol–water partition coefficient (Wildman–Crippen LogP) is 5.27. The van der Waals surface area contributed by atoms with Gasteiger partial charge in [0.25, 0.3) is 0 Å². The van der Waals surface area contributed by atoms with Crippen molar-refractivity contribution in [1.29, 1.82) is 5.26 Å². The predicted molar refractivity (Wildman–Crippen MR) is 115 cm³/mol. The van der Waals surface area contributed by atoms with Crippen molar-refractivity contribution in [2.45, 2.75) is 26.6 Å². The Morgan fingerprint density at radius 1 is 0.871 bits per heavy atom. The second-order valence-corrected chi connectivity index (χ2v) is 6.88. The van der Waals surface area contributed by atoms with Gasteiger partial charge in [0, 0.05) is 11.8 Å². The number of hydrogen-bond donors (Lipinski definition) is 0. The second-order valence-electron chi connectivity index (χ2n) is 6.88. The molecule has 0 fully saturated rings. The van der Waals surface area contributed by atoms with E-state index in [9.17, 15) is 0 Å². The van der Waals surface area contributed by atoms with Gasteiger partial charge in [-0.05, 0) is 55.0 Å². The largest absolute Gasteiger partial charge is 0.487 e. The van der Waals surface area contributed by atoms with Crippen LogP contribution in [0.5, 0.6) is 11.5 Å². The summed E-state index contributed by atoms with van der Waals surface area (Å²) in [6.45, 7) is 2.50. The van der Waals surface area contributed by atoms with Crippen LogP contribution in [0.2, 0.25) is 0 Å². The smallest absolute Gasteiger partial charge is 0.226 e. The van der Waals surface area contributed by atoms with Crippen molar-refractivity contribution in [3.8, 4) is 29.0 Å². The average molecular weight is 411 g/mol. The van der Waals surface area contributed by atoms with Crippen molar-refractivity contribution in [1.82, 2.24) is 9.97 Å². The minimum absolute atomic E-state index is 0.304. The maximum atomic E-state index is 8.93. The minimum Gasteiger partial charge on any atom is -0.487 e. The maximum Gasteiger partial charge on any atom is 0.226 e. The highest BCUT2D eigenvalue weighted by atomic mass is 16.5. The number of nitriles is 1. The molecular weight excluding hydrogens is 390 g/mol. The Bertz CT molecular complexity index is 1180. The summed E-state index contributed by atoms with van der Waals surface area (Å²) >= 11 is 0. The van der Waals surface area contributed by atoms with Crippen molar-refractivity contribution >= 4 is 0 Å². The molecule has 0 saturated heterocycles. The number of aryl methyl sites for hydroxylation is 1. The van der Waals surface area contributed by atoms with Crippen molar-refractivity contribution in [2.24, 2.45) is 0 Å². The van der Waals surface area contributed by atoms with Crippen LogP contribution in [0.1, 0.15) is 22.7 Å². The highest BCUT2D eigenvalue weighted by Gasteiger charge is 2.12. The van der Waals surface area contributed by atoms with Crippen LogP contribution in [0.3, 0.4) is 0 Å². The summed E-state index contributed by atoms with van der Waals surface area (Å²) in [7, 11) is 0. The average Bonchev–Trinajstić information content (AvgIpc) is 3.19. The highest BCUT2D eigenvalue weighted by Crippen LogP contribution is 2.24. The number of aromatic nitrogens is 2. The van der Waals surface area contributed by atoms with Gasteiger partial charge in [-0.15, -0.1) is 0 Å². The van der Waals surface area contributed by atoms with Crippen LogP contribution in [-0.2, 0) is 19.6 Å². The van der Waals surface area contributed by atoms with Crippen LogP contribution >= 0.6 is 0 Å². The van der Waals surface area contributed by atoms with Gasteiger partial charge < -0.3 is 13.9 Å². The second kappa shape index (κ2) is 9.59. The van der Waals surface area contributed by atoms with Gasteiger partial charge in [0.1, 0.15) is 36.2 Å². The van der Waals surface area contributed by atoms with Gasteiger partial charge >= 0.3 is 0 Å². The summed E-state index contributed by atoms with van der Waals surface area (Å²) in [5.74, 6) is 2.73. The third-order valence-electron chi connectivity index (χ3n) is 4.74. The molecule has 31 heavy (non-hydrogen) atoms. The molecule has 0 amide bonds. The number of oxazole rings is 1. The fourth-order valence-electron chi connectivity index (χ4n) is 3.05. The van der Waals surface area contributed by atoms with Crippen molar-refractivity contribution < 1.29 is 13.9 Å². The summed E-state index contributed by atoms with van der Waals surface area (Å²) in [6, 6.07) is 23.0. The molecule has 0 bridgehead atoms. The summed E-state index contributed by atoms with van der Waals surface area (Å²) in [5, 5.41) is 8.93. The molecule has 2 aromatic carbocycles. The van der Waals surface area contributed by atoms with Crippen LogP contribution in [0.15, 0.2) is 77.3 Å². The number of pyridine rings is 1. The third-order valence-corrected chi connectivity index (χ3v) is 4.74. The van der Waals surface area contributed by atoms with Crippen LogP contribution in [0.4, 0.5) is 0 Å². The minimum atomic E-state index is 0.304. The van der Waals surface area contributed by atoms with E-state index in [2.05, 4.69) is 16.0 Å². The van der Waals surface area contributed by atoms with Crippen LogP contribution < -0.4 is 9.47 Å². The number of nitrogens with zero attached hydrogens (tertiary/aromatic N) is 3. The maximum absolute atomic E-state index is 8.93. The van der Waals surface area contributed by atoms with Gasteiger partial charge in [0.2, 0.25) is 5.89 Å². The molecule has 0 unspecified atom stereocenters. The van der Waals surface area contributed by atoms with Crippen LogP contribution in [-0.4, -0.2) is 9.97 Å². The van der Waals surface area contributed by atoms with E-state index in [0.29, 0.717) is 37.0 Å². The van der Waals surface area contributed by atoms with E-state index >= 15 is 0 Å². The first-order chi connectivity index (χ1) is 15.2. The normalized spacial score (nSPS) is 10.5. The lowest BCUT2D eigenvalue weighted by Gasteiger charge is -2.09. The van der Waals surface area contributed by atoms with E-state index in [-0.39, 0.29) is 0 Å². The molecule has 0 atom stereocenters. The Balaban J connectivity index is 1.34. The van der Waals surface area contributed by atoms with Gasteiger partial charge in [0.05, 0.1) is 18.2 Å². The Labute approximate surface area is 180 Å². The van der Waals surface area contributed by atoms with Crippen LogP contribution in [0.25, 0.3) is 11.5 Å². The Hall–Kier alpha value is -4.11. The first-order valence-corrected chi connectivity index (χ1v) is 9.90. The number of rotatable bonds is 8. The molecule has 2 aromatic heterocycles. The standard InChI is InChI=1S/C25H21N3O3/c1-18-23(28-25(31-18)20-6-3-2-4-7-20)16-29-21-9-11-22(12-10-21)30-17-24-19(13-14-26)8-5-15-27-24/h2-12,15H,13,16-17H2,1H3. The quantitative estimate of drug-likeness (QED) is 0.393. The molecule has 6 nitrogen and oxygen atoms in total. The van der Waals surface area contributed by atoms with Gasteiger partial charge in [-0.25, -0.2) is 4.98 Å². The summed E-state index contributed by atoms with van der Waals surface area (Å²) in [5.41, 5.74) is 3.34. The lowest BCUT2D eigenvalue weighted by molar-refractivity contribution is 0.291. The third kappa shape index (κ3) is 5.09. The van der Waals surface area contributed by atoms with E-state index in [1.165, 1.54) is 0 Å². The first kappa shape index (κ1) is 20.2. The zero-order valence-electron chi connectivity index (χ0n) is 17.1. The van der Waals surface area contributed by atoms with Gasteiger partial charge in [0.15, 0.2) is 0 Å². The van der Waals surface area contributed by atoms with Crippen LogP contribution in [0, 0.1) is 18.3 Å². The molecule has 0 radical (unpaired) electrons. The van der Waals surface area contributed by atoms with Crippen molar-refractivity contribution in [2.75, 3.05) is 0 Å². The van der Waals surface area contributed by atoms with Gasteiger partial charge in [-0.2, -0.15) is 5.26 Å². The fourth-order valence-corrected chi connectivity index (χ4v) is 3.05. The molecule has 4 rings (SSSR count). The molecule has 6 heteroatoms. The summed E-state index contributed by atoms with van der Waals surface area (Å²) in [6.07, 6.45) is 2.01. The molecule has 4 aromatic rings. The molecule has 0 aliphatic heterocycles. The lowest BCUT2D eigenvalue weighted by atomic mass is 10.1. The molecule has 2 heterocycles. The van der Waals surface area contributed by atoms with E-state index in [0.717, 1.165) is 28.3 Å². The van der Waals surface area contributed by atoms with Gasteiger partial charge in [-0.3, -0.25) is 4.98 Å². The Morgan fingerprint density at radius 3 is 2.23 bits per heavy atom.